The maximum absolute atomic E-state index is 15.3. The molecule has 198 valence electrons. The van der Waals surface area contributed by atoms with Gasteiger partial charge >= 0.3 is 7.12 Å². The number of ketones is 1. The second-order valence-electron chi connectivity index (χ2n) is 9.86. The van der Waals surface area contributed by atoms with Crippen LogP contribution in [0.2, 0.25) is 0 Å². The summed E-state index contributed by atoms with van der Waals surface area (Å²) in [5.74, 6) is -3.81. The second kappa shape index (κ2) is 10.4. The summed E-state index contributed by atoms with van der Waals surface area (Å²) in [6.07, 6.45) is 1.40. The maximum atomic E-state index is 15.3. The predicted molar refractivity (Wildman–Crippen MR) is 144 cm³/mol. The van der Waals surface area contributed by atoms with Crippen LogP contribution in [0.3, 0.4) is 0 Å². The molecule has 0 amide bonds. The fraction of sp³-hybridized carbons (Fsp3) is 0.269. The molecule has 1 atom stereocenters. The molecule has 1 aromatic heterocycles. The van der Waals surface area contributed by atoms with E-state index in [1.807, 2.05) is 27.7 Å². The number of rotatable bonds is 8. The van der Waals surface area contributed by atoms with Gasteiger partial charge in [0.25, 0.3) is 0 Å². The lowest BCUT2D eigenvalue weighted by atomic mass is 9.79. The lowest BCUT2D eigenvalue weighted by Gasteiger charge is -2.32. The van der Waals surface area contributed by atoms with Crippen molar-refractivity contribution < 1.29 is 27.1 Å². The predicted octanol–water partition coefficient (Wildman–Crippen LogP) is 3.77. The van der Waals surface area contributed by atoms with Gasteiger partial charge in [0.1, 0.15) is 28.3 Å². The van der Waals surface area contributed by atoms with Crippen LogP contribution in [0.1, 0.15) is 49.2 Å². The summed E-state index contributed by atoms with van der Waals surface area (Å²) in [6.45, 7) is 7.46. The van der Waals surface area contributed by atoms with Crippen molar-refractivity contribution in [3.8, 4) is 0 Å². The van der Waals surface area contributed by atoms with Crippen LogP contribution in [-0.2, 0) is 26.0 Å². The Morgan fingerprint density at radius 1 is 1.11 bits per heavy atom. The highest BCUT2D eigenvalue weighted by molar-refractivity contribution is 7.85. The molecule has 8 nitrogen and oxygen atoms in total. The molecule has 1 saturated heterocycles. The quantitative estimate of drug-likeness (QED) is 0.227. The first-order valence-electron chi connectivity index (χ1n) is 11.7. The van der Waals surface area contributed by atoms with Gasteiger partial charge in [0.2, 0.25) is 5.78 Å². The highest BCUT2D eigenvalue weighted by atomic mass is 32.2. The summed E-state index contributed by atoms with van der Waals surface area (Å²) in [7, 11) is -2.62. The molecular formula is C26H27BF2N4O4S. The first-order valence-corrected chi connectivity index (χ1v) is 13.0. The van der Waals surface area contributed by atoms with Crippen molar-refractivity contribution in [2.24, 2.45) is 0 Å². The lowest BCUT2D eigenvalue weighted by molar-refractivity contribution is 0.00578. The Bertz CT molecular complexity index is 1420. The minimum atomic E-state index is -1.76. The summed E-state index contributed by atoms with van der Waals surface area (Å²) in [6, 6.07) is 12.2. The monoisotopic (exact) mass is 540 g/mol. The van der Waals surface area contributed by atoms with E-state index in [1.54, 1.807) is 30.3 Å². The number of nitrogen functional groups attached to an aromatic ring is 1. The van der Waals surface area contributed by atoms with Crippen molar-refractivity contribution in [3.63, 3.8) is 0 Å². The minimum Gasteiger partial charge on any atom is -0.399 e. The third kappa shape index (κ3) is 5.38. The third-order valence-electron chi connectivity index (χ3n) is 6.64. The van der Waals surface area contributed by atoms with Crippen molar-refractivity contribution in [3.05, 3.63) is 83.1 Å². The van der Waals surface area contributed by atoms with Crippen LogP contribution in [0.4, 0.5) is 20.3 Å². The number of aromatic nitrogens is 1. The molecule has 4 rings (SSSR count). The first-order chi connectivity index (χ1) is 17.8. The zero-order valence-corrected chi connectivity index (χ0v) is 22.1. The van der Waals surface area contributed by atoms with Gasteiger partial charge in [0.15, 0.2) is 5.82 Å². The molecule has 0 bridgehead atoms. The van der Waals surface area contributed by atoms with E-state index in [-0.39, 0.29) is 22.8 Å². The van der Waals surface area contributed by atoms with Crippen LogP contribution in [0, 0.1) is 17.0 Å². The van der Waals surface area contributed by atoms with Crippen molar-refractivity contribution >= 4 is 46.6 Å². The minimum absolute atomic E-state index is 0.0602. The van der Waals surface area contributed by atoms with Crippen LogP contribution in [0.15, 0.2) is 54.7 Å². The Hall–Kier alpha value is -3.48. The Morgan fingerprint density at radius 3 is 2.37 bits per heavy atom. The largest absolute Gasteiger partial charge is 0.496 e. The highest BCUT2D eigenvalue weighted by Crippen LogP contribution is 2.36. The van der Waals surface area contributed by atoms with E-state index in [9.17, 15) is 13.4 Å². The molecule has 3 aromatic rings. The number of halogens is 2. The molecule has 1 unspecified atom stereocenters. The van der Waals surface area contributed by atoms with Crippen molar-refractivity contribution in [2.45, 2.75) is 44.6 Å². The number of hydrogen-bond acceptors (Lipinski definition) is 7. The van der Waals surface area contributed by atoms with E-state index in [2.05, 4.69) is 9.71 Å². The number of hydrogen-bond donors (Lipinski definition) is 3. The molecule has 1 aliphatic heterocycles. The van der Waals surface area contributed by atoms with Crippen LogP contribution in [0.5, 0.6) is 0 Å². The Balaban J connectivity index is 1.60. The number of Topliss-reactive ketones (excluding diaryl/α,β-unsaturated/α-hetero) is 1. The third-order valence-corrected chi connectivity index (χ3v) is 7.69. The zero-order valence-electron chi connectivity index (χ0n) is 21.3. The smallest absolute Gasteiger partial charge is 0.399 e. The molecule has 2 heterocycles. The molecule has 4 N–H and O–H groups in total. The highest BCUT2D eigenvalue weighted by Gasteiger charge is 2.52. The average Bonchev–Trinajstić information content (AvgIpc) is 3.08. The number of nitrogens with one attached hydrogen (secondary N) is 2. The Kier molecular flexibility index (Phi) is 7.51. The molecule has 1 fully saturated rings. The number of anilines is 2. The van der Waals surface area contributed by atoms with Gasteiger partial charge in [-0.15, -0.1) is 0 Å². The summed E-state index contributed by atoms with van der Waals surface area (Å²) in [5, 5.41) is 8.43. The van der Waals surface area contributed by atoms with E-state index in [0.717, 1.165) is 17.7 Å². The molecule has 12 heteroatoms. The normalized spacial score (nSPS) is 16.7. The standard InChI is InChI=1S/C26H27BF2N4O4S/c1-25(2)26(3,4)37-27(36-25)16-12-17(24(31)32-13-16)22(30)23(34)20-18(28)10-11-19(21(20)29)33-38(35)14-15-8-6-5-7-9-15/h5-13,30,33H,14H2,1-4H3,(H2,31,32). The number of pyridine rings is 1. The summed E-state index contributed by atoms with van der Waals surface area (Å²) < 4.78 is 57.0. The average molecular weight is 540 g/mol. The van der Waals surface area contributed by atoms with E-state index in [4.69, 9.17) is 20.5 Å². The fourth-order valence-corrected chi connectivity index (χ4v) is 4.74. The van der Waals surface area contributed by atoms with E-state index >= 15 is 4.39 Å². The molecule has 0 spiro atoms. The van der Waals surface area contributed by atoms with E-state index in [1.165, 1.54) is 12.3 Å². The van der Waals surface area contributed by atoms with Crippen molar-refractivity contribution in [1.29, 1.82) is 5.41 Å². The summed E-state index contributed by atoms with van der Waals surface area (Å²) in [5.41, 5.74) is 3.54. The summed E-state index contributed by atoms with van der Waals surface area (Å²) in [4.78, 5) is 17.2. The first kappa shape index (κ1) is 27.6. The Morgan fingerprint density at radius 2 is 1.74 bits per heavy atom. The molecule has 2 aromatic carbocycles. The summed E-state index contributed by atoms with van der Waals surface area (Å²) >= 11 is 0. The van der Waals surface area contributed by atoms with Gasteiger partial charge in [-0.2, -0.15) is 0 Å². The van der Waals surface area contributed by atoms with Gasteiger partial charge in [-0.3, -0.25) is 10.2 Å². The van der Waals surface area contributed by atoms with Crippen LogP contribution < -0.4 is 15.9 Å². The number of nitrogens with zero attached hydrogens (tertiary/aromatic N) is 1. The molecule has 1 aliphatic rings. The van der Waals surface area contributed by atoms with Gasteiger partial charge in [-0.1, -0.05) is 30.3 Å². The van der Waals surface area contributed by atoms with Gasteiger partial charge in [-0.05, 0) is 51.5 Å². The van der Waals surface area contributed by atoms with Crippen molar-refractivity contribution in [1.82, 2.24) is 4.98 Å². The van der Waals surface area contributed by atoms with Crippen molar-refractivity contribution in [2.75, 3.05) is 10.5 Å². The van der Waals surface area contributed by atoms with Gasteiger partial charge in [0.05, 0.1) is 28.2 Å². The SMILES string of the molecule is CC1(C)OB(c2cnc(N)c(C(=N)C(=O)c3c(F)ccc(NS(=O)Cc4ccccc4)c3F)c2)OC1(C)C. The lowest BCUT2D eigenvalue weighted by Crippen LogP contribution is -2.41. The molecule has 0 radical (unpaired) electrons. The number of nitrogens with two attached hydrogens (primary N) is 1. The van der Waals surface area contributed by atoms with Crippen LogP contribution >= 0.6 is 0 Å². The van der Waals surface area contributed by atoms with Gasteiger partial charge < -0.3 is 19.8 Å². The molecule has 0 aliphatic carbocycles. The molecule has 0 saturated carbocycles. The van der Waals surface area contributed by atoms with E-state index < -0.39 is 58.0 Å². The zero-order chi connectivity index (χ0) is 27.8. The van der Waals surface area contributed by atoms with E-state index in [0.29, 0.717) is 5.46 Å². The fourth-order valence-electron chi connectivity index (χ4n) is 3.77. The molecule has 38 heavy (non-hydrogen) atoms. The number of benzene rings is 2. The van der Waals surface area contributed by atoms with Gasteiger partial charge in [0, 0.05) is 17.2 Å². The van der Waals surface area contributed by atoms with Crippen LogP contribution in [-0.4, -0.2) is 39.0 Å². The van der Waals surface area contributed by atoms with Gasteiger partial charge in [-0.25, -0.2) is 18.0 Å². The Labute approximate surface area is 222 Å². The second-order valence-corrected chi connectivity index (χ2v) is 11.0. The van der Waals surface area contributed by atoms with Crippen LogP contribution in [0.25, 0.3) is 0 Å². The number of carbonyl (C=O) groups excluding carboxylic acids is 1. The number of carbonyl (C=O) groups is 1. The molecular weight excluding hydrogens is 513 g/mol. The topological polar surface area (TPSA) is 127 Å². The maximum Gasteiger partial charge on any atom is 0.496 e.